The maximum Gasteiger partial charge on any atom is 0.226 e. The van der Waals surface area contributed by atoms with Gasteiger partial charge in [-0.1, -0.05) is 30.3 Å². The zero-order chi connectivity index (χ0) is 15.8. The van der Waals surface area contributed by atoms with Gasteiger partial charge in [-0.2, -0.15) is 5.21 Å². The van der Waals surface area contributed by atoms with Crippen LogP contribution in [0.3, 0.4) is 0 Å². The standard InChI is InChI=1S/C16H14N7/c1-23(2)16-17-13-8-7-10(9-14(13)18-16)11-5-3-4-6-12(11)15-19-21-22-20-15/h3-9H,1-2H3,(H,19,20,21,22). The zero-order valence-corrected chi connectivity index (χ0v) is 12.7. The SMILES string of the molecule is CN(C)C1=Nc2cc(-c3ccccc3-c3nn[nH]n3)ccc2[N]1. The van der Waals surface area contributed by atoms with Crippen LogP contribution in [0.2, 0.25) is 0 Å². The van der Waals surface area contributed by atoms with Crippen molar-refractivity contribution in [3.05, 3.63) is 42.5 Å². The lowest BCUT2D eigenvalue weighted by atomic mass is 9.98. The third-order valence-corrected chi connectivity index (χ3v) is 3.64. The third kappa shape index (κ3) is 2.32. The van der Waals surface area contributed by atoms with Gasteiger partial charge in [-0.25, -0.2) is 10.3 Å². The lowest BCUT2D eigenvalue weighted by Gasteiger charge is -2.09. The lowest BCUT2D eigenvalue weighted by molar-refractivity contribution is 0.605. The van der Waals surface area contributed by atoms with Gasteiger partial charge in [0.2, 0.25) is 11.8 Å². The summed E-state index contributed by atoms with van der Waals surface area (Å²) in [6, 6.07) is 14.0. The number of nitrogens with zero attached hydrogens (tertiary/aromatic N) is 6. The Hall–Kier alpha value is -3.22. The van der Waals surface area contributed by atoms with Crippen LogP contribution >= 0.6 is 0 Å². The van der Waals surface area contributed by atoms with Gasteiger partial charge in [-0.15, -0.1) is 10.2 Å². The highest BCUT2D eigenvalue weighted by Gasteiger charge is 2.19. The molecule has 0 saturated heterocycles. The number of aliphatic imine (C=N–C) groups is 1. The molecule has 1 N–H and O–H groups in total. The number of hydrogen-bond acceptors (Lipinski definition) is 5. The lowest BCUT2D eigenvalue weighted by Crippen LogP contribution is -2.26. The largest absolute Gasteiger partial charge is 0.347 e. The van der Waals surface area contributed by atoms with E-state index in [9.17, 15) is 0 Å². The zero-order valence-electron chi connectivity index (χ0n) is 12.7. The maximum absolute atomic E-state index is 4.56. The molecule has 113 valence electrons. The van der Waals surface area contributed by atoms with E-state index in [0.29, 0.717) is 11.8 Å². The summed E-state index contributed by atoms with van der Waals surface area (Å²) in [5, 5.41) is 18.8. The molecule has 7 heteroatoms. The minimum atomic E-state index is 0.572. The molecule has 0 atom stereocenters. The van der Waals surface area contributed by atoms with Crippen molar-refractivity contribution < 1.29 is 0 Å². The molecule has 2 heterocycles. The van der Waals surface area contributed by atoms with Crippen LogP contribution in [0.1, 0.15) is 0 Å². The van der Waals surface area contributed by atoms with E-state index >= 15 is 0 Å². The number of benzene rings is 2. The third-order valence-electron chi connectivity index (χ3n) is 3.64. The highest BCUT2D eigenvalue weighted by Crippen LogP contribution is 2.37. The van der Waals surface area contributed by atoms with Gasteiger partial charge < -0.3 is 4.90 Å². The number of nitrogens with one attached hydrogen (secondary N) is 1. The Kier molecular flexibility index (Phi) is 3.04. The second-order valence-corrected chi connectivity index (χ2v) is 5.40. The van der Waals surface area contributed by atoms with Gasteiger partial charge in [0.05, 0.1) is 11.4 Å². The number of fused-ring (bicyclic) bond motifs is 1. The second-order valence-electron chi connectivity index (χ2n) is 5.40. The van der Waals surface area contributed by atoms with Crippen LogP contribution in [0, 0.1) is 0 Å². The van der Waals surface area contributed by atoms with Crippen molar-refractivity contribution in [3.63, 3.8) is 0 Å². The van der Waals surface area contributed by atoms with Crippen molar-refractivity contribution in [1.29, 1.82) is 0 Å². The van der Waals surface area contributed by atoms with E-state index in [2.05, 4.69) is 30.9 Å². The van der Waals surface area contributed by atoms with Crippen LogP contribution in [0.5, 0.6) is 0 Å². The molecule has 4 rings (SSSR count). The normalized spacial score (nSPS) is 12.5. The molecule has 0 saturated carbocycles. The van der Waals surface area contributed by atoms with E-state index in [1.807, 2.05) is 61.5 Å². The van der Waals surface area contributed by atoms with Crippen LogP contribution in [-0.4, -0.2) is 45.6 Å². The van der Waals surface area contributed by atoms with E-state index in [0.717, 1.165) is 28.1 Å². The van der Waals surface area contributed by atoms with Gasteiger partial charge in [0, 0.05) is 19.7 Å². The molecule has 0 bridgehead atoms. The van der Waals surface area contributed by atoms with Crippen molar-refractivity contribution in [1.82, 2.24) is 30.8 Å². The fourth-order valence-electron chi connectivity index (χ4n) is 2.52. The van der Waals surface area contributed by atoms with Gasteiger partial charge in [-0.05, 0) is 28.5 Å². The molecule has 23 heavy (non-hydrogen) atoms. The summed E-state index contributed by atoms with van der Waals surface area (Å²) in [5.74, 6) is 1.28. The number of H-pyrrole nitrogens is 1. The summed E-state index contributed by atoms with van der Waals surface area (Å²) in [6.07, 6.45) is 0. The molecular formula is C16H14N7. The van der Waals surface area contributed by atoms with Crippen molar-refractivity contribution in [3.8, 4) is 22.5 Å². The Morgan fingerprint density at radius 3 is 2.52 bits per heavy atom. The Morgan fingerprint density at radius 1 is 0.957 bits per heavy atom. The summed E-state index contributed by atoms with van der Waals surface area (Å²) in [4.78, 5) is 6.45. The van der Waals surface area contributed by atoms with Crippen LogP contribution in [0.25, 0.3) is 22.5 Å². The monoisotopic (exact) mass is 304 g/mol. The number of hydrogen-bond donors (Lipinski definition) is 1. The van der Waals surface area contributed by atoms with Gasteiger partial charge in [0.1, 0.15) is 0 Å². The topological polar surface area (TPSA) is 84.2 Å². The molecule has 1 aliphatic heterocycles. The van der Waals surface area contributed by atoms with Gasteiger partial charge in [0.15, 0.2) is 0 Å². The summed E-state index contributed by atoms with van der Waals surface area (Å²) >= 11 is 0. The van der Waals surface area contributed by atoms with Crippen LogP contribution in [-0.2, 0) is 0 Å². The smallest absolute Gasteiger partial charge is 0.226 e. The molecule has 0 spiro atoms. The Balaban J connectivity index is 1.81. The Bertz CT molecular complexity index is 881. The van der Waals surface area contributed by atoms with Crippen molar-refractivity contribution >= 4 is 17.3 Å². The predicted molar refractivity (Wildman–Crippen MR) is 87.6 cm³/mol. The first-order valence-electron chi connectivity index (χ1n) is 7.17. The van der Waals surface area contributed by atoms with E-state index in [4.69, 9.17) is 0 Å². The first kappa shape index (κ1) is 13.4. The van der Waals surface area contributed by atoms with Crippen LogP contribution in [0.4, 0.5) is 11.4 Å². The number of aromatic nitrogens is 4. The fraction of sp³-hybridized carbons (Fsp3) is 0.125. The van der Waals surface area contributed by atoms with E-state index in [1.165, 1.54) is 0 Å². The number of rotatable bonds is 2. The molecule has 1 radical (unpaired) electrons. The predicted octanol–water partition coefficient (Wildman–Crippen LogP) is 2.33. The molecule has 7 nitrogen and oxygen atoms in total. The number of tetrazole rings is 1. The Morgan fingerprint density at radius 2 is 1.78 bits per heavy atom. The van der Waals surface area contributed by atoms with Crippen LogP contribution < -0.4 is 5.32 Å². The Labute approximate surface area is 133 Å². The fourth-order valence-corrected chi connectivity index (χ4v) is 2.52. The highest BCUT2D eigenvalue weighted by atomic mass is 15.5. The van der Waals surface area contributed by atoms with Gasteiger partial charge in [-0.3, -0.25) is 0 Å². The summed E-state index contributed by atoms with van der Waals surface area (Å²) < 4.78 is 0. The average molecular weight is 304 g/mol. The molecule has 0 unspecified atom stereocenters. The molecule has 1 aliphatic rings. The van der Waals surface area contributed by atoms with Crippen molar-refractivity contribution in [2.24, 2.45) is 4.99 Å². The second kappa shape index (κ2) is 5.20. The maximum atomic E-state index is 4.56. The van der Waals surface area contributed by atoms with E-state index < -0.39 is 0 Å². The molecule has 2 aromatic carbocycles. The molecule has 3 aromatic rings. The molecule has 0 fully saturated rings. The molecule has 0 amide bonds. The molecule has 0 aliphatic carbocycles. The van der Waals surface area contributed by atoms with E-state index in [-0.39, 0.29) is 0 Å². The molecule has 1 aromatic heterocycles. The highest BCUT2D eigenvalue weighted by molar-refractivity contribution is 5.96. The summed E-state index contributed by atoms with van der Waals surface area (Å²) in [6.45, 7) is 0. The average Bonchev–Trinajstić information content (AvgIpc) is 3.23. The summed E-state index contributed by atoms with van der Waals surface area (Å²) in [5.41, 5.74) is 4.75. The van der Waals surface area contributed by atoms with E-state index in [1.54, 1.807) is 0 Å². The van der Waals surface area contributed by atoms with Gasteiger partial charge in [0.25, 0.3) is 0 Å². The minimum Gasteiger partial charge on any atom is -0.347 e. The first-order chi connectivity index (χ1) is 11.2. The van der Waals surface area contributed by atoms with Crippen molar-refractivity contribution in [2.75, 3.05) is 14.1 Å². The van der Waals surface area contributed by atoms with Crippen LogP contribution in [0.15, 0.2) is 47.5 Å². The van der Waals surface area contributed by atoms with Crippen molar-refractivity contribution in [2.45, 2.75) is 0 Å². The first-order valence-corrected chi connectivity index (χ1v) is 7.17. The summed E-state index contributed by atoms with van der Waals surface area (Å²) in [7, 11) is 3.86. The number of aromatic amines is 1. The number of guanidine groups is 1. The quantitative estimate of drug-likeness (QED) is 0.787. The molecular weight excluding hydrogens is 290 g/mol. The minimum absolute atomic E-state index is 0.572. The van der Waals surface area contributed by atoms with Gasteiger partial charge >= 0.3 is 0 Å².